The van der Waals surface area contributed by atoms with E-state index in [9.17, 15) is 4.39 Å². The van der Waals surface area contributed by atoms with Crippen LogP contribution in [0.3, 0.4) is 0 Å². The van der Waals surface area contributed by atoms with Gasteiger partial charge >= 0.3 is 0 Å². The Kier molecular flexibility index (Phi) is 4.97. The summed E-state index contributed by atoms with van der Waals surface area (Å²) in [6, 6.07) is 13.3. The van der Waals surface area contributed by atoms with E-state index in [1.165, 1.54) is 12.8 Å². The van der Waals surface area contributed by atoms with Gasteiger partial charge < -0.3 is 10.5 Å². The fourth-order valence-corrected chi connectivity index (χ4v) is 4.76. The highest BCUT2D eigenvalue weighted by atomic mass is 19.1. The highest BCUT2D eigenvalue weighted by Gasteiger charge is 2.28. The number of hydrogen-bond acceptors (Lipinski definition) is 3. The molecule has 0 amide bonds. The first-order chi connectivity index (χ1) is 14.6. The van der Waals surface area contributed by atoms with Crippen LogP contribution in [0.1, 0.15) is 62.1 Å². The van der Waals surface area contributed by atoms with Crippen molar-refractivity contribution in [2.45, 2.75) is 63.9 Å². The summed E-state index contributed by atoms with van der Waals surface area (Å²) in [5.41, 5.74) is 10.6. The third-order valence-electron chi connectivity index (χ3n) is 6.52. The third kappa shape index (κ3) is 3.47. The molecular formula is C25H28FN3O. The molecule has 0 radical (unpaired) electrons. The van der Waals surface area contributed by atoms with Gasteiger partial charge in [0.2, 0.25) is 0 Å². The van der Waals surface area contributed by atoms with Crippen LogP contribution < -0.4 is 10.5 Å². The Morgan fingerprint density at radius 2 is 1.80 bits per heavy atom. The van der Waals surface area contributed by atoms with Crippen molar-refractivity contribution in [1.29, 1.82) is 0 Å². The number of halogens is 1. The van der Waals surface area contributed by atoms with Crippen LogP contribution in [0, 0.1) is 12.7 Å². The number of ether oxygens (including phenoxy) is 1. The fraction of sp³-hybridized carbons (Fsp3) is 0.400. The lowest BCUT2D eigenvalue weighted by Gasteiger charge is -2.29. The summed E-state index contributed by atoms with van der Waals surface area (Å²) in [5.74, 6) is 1.56. The maximum Gasteiger partial charge on any atom is 0.127 e. The normalized spacial score (nSPS) is 17.3. The van der Waals surface area contributed by atoms with Gasteiger partial charge in [-0.1, -0.05) is 18.6 Å². The van der Waals surface area contributed by atoms with Crippen LogP contribution in [-0.4, -0.2) is 15.9 Å². The van der Waals surface area contributed by atoms with Gasteiger partial charge in [0.25, 0.3) is 0 Å². The second-order valence-corrected chi connectivity index (χ2v) is 8.66. The lowest BCUT2D eigenvalue weighted by molar-refractivity contribution is 0.211. The largest absolute Gasteiger partial charge is 0.490 e. The first-order valence-electron chi connectivity index (χ1n) is 11.0. The zero-order valence-electron chi connectivity index (χ0n) is 17.4. The molecule has 0 bridgehead atoms. The van der Waals surface area contributed by atoms with E-state index < -0.39 is 0 Å². The van der Waals surface area contributed by atoms with Crippen LogP contribution in [0.5, 0.6) is 5.75 Å². The molecule has 2 aromatic carbocycles. The standard InChI is InChI=1S/C25H28FN3O/c1-16-14-24(27)29(28-16)18-12-13-23(30-19-8-2-3-9-19)21(15-18)20-10-5-11-22(26)25(20)17-6-4-7-17/h5,10-15,17,19H,2-4,6-9,27H2,1H3. The van der Waals surface area contributed by atoms with Crippen molar-refractivity contribution in [3.63, 3.8) is 0 Å². The van der Waals surface area contributed by atoms with Gasteiger partial charge in [0.15, 0.2) is 0 Å². The van der Waals surface area contributed by atoms with Crippen molar-refractivity contribution in [1.82, 2.24) is 9.78 Å². The molecule has 1 heterocycles. The van der Waals surface area contributed by atoms with Crippen LogP contribution in [0.2, 0.25) is 0 Å². The molecule has 5 heteroatoms. The Labute approximate surface area is 176 Å². The average molecular weight is 406 g/mol. The van der Waals surface area contributed by atoms with E-state index in [0.29, 0.717) is 5.82 Å². The van der Waals surface area contributed by atoms with Crippen LogP contribution >= 0.6 is 0 Å². The Bertz CT molecular complexity index is 1060. The molecule has 2 saturated carbocycles. The maximum absolute atomic E-state index is 15.0. The molecule has 30 heavy (non-hydrogen) atoms. The topological polar surface area (TPSA) is 53.1 Å². The molecule has 1 aromatic heterocycles. The Morgan fingerprint density at radius 1 is 1.00 bits per heavy atom. The predicted molar refractivity (Wildman–Crippen MR) is 118 cm³/mol. The molecular weight excluding hydrogens is 377 g/mol. The van der Waals surface area contributed by atoms with Gasteiger partial charge in [-0.2, -0.15) is 5.10 Å². The number of rotatable bonds is 5. The van der Waals surface area contributed by atoms with Crippen molar-refractivity contribution >= 4 is 5.82 Å². The molecule has 156 valence electrons. The average Bonchev–Trinajstić information content (AvgIpc) is 3.31. The number of nitrogens with zero attached hydrogens (tertiary/aromatic N) is 2. The van der Waals surface area contributed by atoms with E-state index in [2.05, 4.69) is 5.10 Å². The molecule has 2 aliphatic carbocycles. The summed E-state index contributed by atoms with van der Waals surface area (Å²) in [4.78, 5) is 0. The summed E-state index contributed by atoms with van der Waals surface area (Å²) < 4.78 is 23.1. The number of hydrogen-bond donors (Lipinski definition) is 1. The molecule has 0 atom stereocenters. The summed E-state index contributed by atoms with van der Waals surface area (Å²) in [6.07, 6.45) is 8.02. The summed E-state index contributed by atoms with van der Waals surface area (Å²) >= 11 is 0. The van der Waals surface area contributed by atoms with E-state index in [4.69, 9.17) is 10.5 Å². The van der Waals surface area contributed by atoms with Gasteiger partial charge in [0.1, 0.15) is 17.4 Å². The molecule has 2 fully saturated rings. The van der Waals surface area contributed by atoms with Crippen molar-refractivity contribution in [2.75, 3.05) is 5.73 Å². The molecule has 5 rings (SSSR count). The predicted octanol–water partition coefficient (Wildman–Crippen LogP) is 6.16. The Morgan fingerprint density at radius 3 is 2.47 bits per heavy atom. The monoisotopic (exact) mass is 405 g/mol. The van der Waals surface area contributed by atoms with Crippen LogP contribution in [0.4, 0.5) is 10.2 Å². The van der Waals surface area contributed by atoms with Crippen molar-refractivity contribution in [3.05, 3.63) is 59.5 Å². The molecule has 2 N–H and O–H groups in total. The molecule has 0 aliphatic heterocycles. The molecule has 0 saturated heterocycles. The summed E-state index contributed by atoms with van der Waals surface area (Å²) in [5, 5.41) is 4.53. The van der Waals surface area contributed by atoms with Gasteiger partial charge in [-0.15, -0.1) is 0 Å². The van der Waals surface area contributed by atoms with Crippen LogP contribution in [-0.2, 0) is 0 Å². The zero-order valence-corrected chi connectivity index (χ0v) is 17.4. The van der Waals surface area contributed by atoms with Gasteiger partial charge in [0.05, 0.1) is 17.5 Å². The van der Waals surface area contributed by atoms with E-state index in [-0.39, 0.29) is 17.8 Å². The van der Waals surface area contributed by atoms with Crippen LogP contribution in [0.25, 0.3) is 16.8 Å². The zero-order chi connectivity index (χ0) is 20.7. The van der Waals surface area contributed by atoms with Crippen molar-refractivity contribution < 1.29 is 9.13 Å². The number of anilines is 1. The Balaban J connectivity index is 1.65. The van der Waals surface area contributed by atoms with Gasteiger partial charge in [-0.25, -0.2) is 9.07 Å². The number of aromatic nitrogens is 2. The summed E-state index contributed by atoms with van der Waals surface area (Å²) in [6.45, 7) is 1.92. The first kappa shape index (κ1) is 19.2. The van der Waals surface area contributed by atoms with E-state index in [0.717, 1.165) is 65.9 Å². The maximum atomic E-state index is 15.0. The SMILES string of the molecule is Cc1cc(N)n(-c2ccc(OC3CCCC3)c(-c3cccc(F)c3C3CCC3)c2)n1. The second-order valence-electron chi connectivity index (χ2n) is 8.66. The van der Waals surface area contributed by atoms with Crippen LogP contribution in [0.15, 0.2) is 42.5 Å². The third-order valence-corrected chi connectivity index (χ3v) is 6.52. The Hall–Kier alpha value is -2.82. The second kappa shape index (κ2) is 7.78. The van der Waals surface area contributed by atoms with Gasteiger partial charge in [-0.05, 0) is 86.8 Å². The molecule has 3 aromatic rings. The molecule has 4 nitrogen and oxygen atoms in total. The lowest BCUT2D eigenvalue weighted by atomic mass is 9.77. The van der Waals surface area contributed by atoms with Gasteiger partial charge in [0, 0.05) is 11.6 Å². The number of benzene rings is 2. The lowest BCUT2D eigenvalue weighted by Crippen LogP contribution is -2.14. The minimum absolute atomic E-state index is 0.121. The first-order valence-corrected chi connectivity index (χ1v) is 11.0. The number of nitrogens with two attached hydrogens (primary N) is 1. The fourth-order valence-electron chi connectivity index (χ4n) is 4.76. The van der Waals surface area contributed by atoms with E-state index in [1.54, 1.807) is 16.8 Å². The number of aryl methyl sites for hydroxylation is 1. The number of nitrogen functional groups attached to an aromatic ring is 1. The molecule has 0 unspecified atom stereocenters. The minimum atomic E-state index is -0.121. The van der Waals surface area contributed by atoms with Crippen molar-refractivity contribution in [2.24, 2.45) is 0 Å². The van der Waals surface area contributed by atoms with Gasteiger partial charge in [-0.3, -0.25) is 0 Å². The molecule has 0 spiro atoms. The summed E-state index contributed by atoms with van der Waals surface area (Å²) in [7, 11) is 0. The minimum Gasteiger partial charge on any atom is -0.490 e. The van der Waals surface area contributed by atoms with E-state index >= 15 is 0 Å². The van der Waals surface area contributed by atoms with Crippen molar-refractivity contribution in [3.8, 4) is 22.6 Å². The molecule has 2 aliphatic rings. The smallest absolute Gasteiger partial charge is 0.127 e. The highest BCUT2D eigenvalue weighted by Crippen LogP contribution is 2.45. The highest BCUT2D eigenvalue weighted by molar-refractivity contribution is 5.76. The van der Waals surface area contributed by atoms with E-state index in [1.807, 2.05) is 37.3 Å². The quantitative estimate of drug-likeness (QED) is 0.553.